The second-order valence-corrected chi connectivity index (χ2v) is 5.02. The Morgan fingerprint density at radius 3 is 2.52 bits per heavy atom. The van der Waals surface area contributed by atoms with Crippen molar-refractivity contribution in [2.45, 2.75) is 39.2 Å². The Morgan fingerprint density at radius 1 is 1.29 bits per heavy atom. The highest BCUT2D eigenvalue weighted by Gasteiger charge is 2.20. The van der Waals surface area contributed by atoms with E-state index in [0.29, 0.717) is 12.8 Å². The largest absolute Gasteiger partial charge is 0.480 e. The molecular formula is C17H23NO3. The van der Waals surface area contributed by atoms with E-state index in [1.165, 1.54) is 4.90 Å². The fourth-order valence-corrected chi connectivity index (χ4v) is 1.99. The molecule has 1 aromatic carbocycles. The van der Waals surface area contributed by atoms with Crippen molar-refractivity contribution in [1.82, 2.24) is 4.90 Å². The number of nitrogens with zero attached hydrogens (tertiary/aromatic N) is 1. The third-order valence-electron chi connectivity index (χ3n) is 3.38. The number of carbonyl (C=O) groups excluding carboxylic acids is 1. The van der Waals surface area contributed by atoms with E-state index in [1.807, 2.05) is 56.3 Å². The lowest BCUT2D eigenvalue weighted by Gasteiger charge is -2.26. The molecular weight excluding hydrogens is 266 g/mol. The lowest BCUT2D eigenvalue weighted by Crippen LogP contribution is -2.41. The molecule has 0 heterocycles. The summed E-state index contributed by atoms with van der Waals surface area (Å²) in [6.07, 6.45) is 5.61. The normalized spacial score (nSPS) is 12.3. The van der Waals surface area contributed by atoms with Crippen molar-refractivity contribution >= 4 is 18.0 Å². The van der Waals surface area contributed by atoms with Gasteiger partial charge in [0.25, 0.3) is 0 Å². The molecule has 0 aliphatic rings. The Kier molecular flexibility index (Phi) is 7.23. The van der Waals surface area contributed by atoms with Crippen LogP contribution >= 0.6 is 0 Å². The van der Waals surface area contributed by atoms with Gasteiger partial charge in [0, 0.05) is 12.5 Å². The quantitative estimate of drug-likeness (QED) is 0.799. The molecule has 0 fully saturated rings. The summed E-state index contributed by atoms with van der Waals surface area (Å²) >= 11 is 0. The number of hydrogen-bond acceptors (Lipinski definition) is 2. The molecule has 0 radical (unpaired) electrons. The highest BCUT2D eigenvalue weighted by Crippen LogP contribution is 2.09. The fraction of sp³-hybridized carbons (Fsp3) is 0.412. The molecule has 21 heavy (non-hydrogen) atoms. The van der Waals surface area contributed by atoms with E-state index in [2.05, 4.69) is 0 Å². The average Bonchev–Trinajstić information content (AvgIpc) is 2.49. The van der Waals surface area contributed by atoms with Gasteiger partial charge in [0.05, 0.1) is 0 Å². The third kappa shape index (κ3) is 6.25. The van der Waals surface area contributed by atoms with Crippen molar-refractivity contribution in [1.29, 1.82) is 0 Å². The molecule has 0 aliphatic heterocycles. The minimum atomic E-state index is -0.969. The molecule has 0 aliphatic carbocycles. The number of carboxylic acids is 1. The number of carbonyl (C=O) groups is 2. The number of hydrogen-bond donors (Lipinski definition) is 1. The lowest BCUT2D eigenvalue weighted by atomic mass is 10.1. The molecule has 0 saturated heterocycles. The van der Waals surface area contributed by atoms with Crippen molar-refractivity contribution in [3.8, 4) is 0 Å². The highest BCUT2D eigenvalue weighted by molar-refractivity contribution is 5.81. The highest BCUT2D eigenvalue weighted by atomic mass is 16.4. The average molecular weight is 289 g/mol. The summed E-state index contributed by atoms with van der Waals surface area (Å²) in [7, 11) is 0. The molecule has 114 valence electrons. The zero-order chi connectivity index (χ0) is 15.7. The summed E-state index contributed by atoms with van der Waals surface area (Å²) < 4.78 is 0. The second kappa shape index (κ2) is 8.95. The van der Waals surface area contributed by atoms with Gasteiger partial charge in [0.1, 0.15) is 6.54 Å². The summed E-state index contributed by atoms with van der Waals surface area (Å²) in [6, 6.07) is 9.82. The first-order valence-electron chi connectivity index (χ1n) is 7.27. The number of amides is 1. The number of carboxylic acid groups (broad SMARTS) is 1. The van der Waals surface area contributed by atoms with Gasteiger partial charge in [-0.15, -0.1) is 0 Å². The van der Waals surface area contributed by atoms with Gasteiger partial charge >= 0.3 is 5.97 Å². The standard InChI is InChI=1S/C17H23NO3/c1-3-14(2)18(13-17(20)21)16(19)12-8-7-11-15-9-5-4-6-10-15/h4-7,9-11,14H,3,8,12-13H2,1-2H3,(H,20,21)/b11-7+. The fourth-order valence-electron chi connectivity index (χ4n) is 1.99. The van der Waals surface area contributed by atoms with Gasteiger partial charge < -0.3 is 10.0 Å². The van der Waals surface area contributed by atoms with Crippen molar-refractivity contribution in [2.75, 3.05) is 6.54 Å². The van der Waals surface area contributed by atoms with E-state index in [0.717, 1.165) is 12.0 Å². The van der Waals surface area contributed by atoms with E-state index < -0.39 is 5.97 Å². The van der Waals surface area contributed by atoms with Gasteiger partial charge in [-0.2, -0.15) is 0 Å². The van der Waals surface area contributed by atoms with E-state index in [9.17, 15) is 9.59 Å². The summed E-state index contributed by atoms with van der Waals surface area (Å²) in [5, 5.41) is 8.89. The molecule has 0 aromatic heterocycles. The van der Waals surface area contributed by atoms with Gasteiger partial charge in [-0.05, 0) is 25.3 Å². The van der Waals surface area contributed by atoms with E-state index in [-0.39, 0.29) is 18.5 Å². The van der Waals surface area contributed by atoms with Crippen LogP contribution in [0.15, 0.2) is 36.4 Å². The Bertz CT molecular complexity index is 482. The van der Waals surface area contributed by atoms with Crippen molar-refractivity contribution in [2.24, 2.45) is 0 Å². The smallest absolute Gasteiger partial charge is 0.323 e. The maximum atomic E-state index is 12.1. The number of allylic oxidation sites excluding steroid dienone is 1. The lowest BCUT2D eigenvalue weighted by molar-refractivity contribution is -0.146. The van der Waals surface area contributed by atoms with Crippen LogP contribution in [0.25, 0.3) is 6.08 Å². The minimum Gasteiger partial charge on any atom is -0.480 e. The Balaban J connectivity index is 2.50. The number of rotatable bonds is 8. The molecule has 1 aromatic rings. The Hall–Kier alpha value is -2.10. The first-order valence-corrected chi connectivity index (χ1v) is 7.27. The topological polar surface area (TPSA) is 57.6 Å². The van der Waals surface area contributed by atoms with Crippen LogP contribution in [-0.4, -0.2) is 34.5 Å². The SMILES string of the molecule is CCC(C)N(CC(=O)O)C(=O)CC/C=C/c1ccccc1. The summed E-state index contributed by atoms with van der Waals surface area (Å²) in [5.41, 5.74) is 1.09. The molecule has 4 heteroatoms. The first-order chi connectivity index (χ1) is 10.0. The van der Waals surface area contributed by atoms with E-state index in [4.69, 9.17) is 5.11 Å². The molecule has 1 unspecified atom stereocenters. The van der Waals surface area contributed by atoms with E-state index in [1.54, 1.807) is 0 Å². The molecule has 1 N–H and O–H groups in total. The molecule has 1 rings (SSSR count). The van der Waals surface area contributed by atoms with E-state index >= 15 is 0 Å². The second-order valence-electron chi connectivity index (χ2n) is 5.02. The minimum absolute atomic E-state index is 0.0493. The predicted octanol–water partition coefficient (Wildman–Crippen LogP) is 3.19. The molecule has 0 spiro atoms. The van der Waals surface area contributed by atoms with Crippen molar-refractivity contribution < 1.29 is 14.7 Å². The molecule has 4 nitrogen and oxygen atoms in total. The zero-order valence-electron chi connectivity index (χ0n) is 12.7. The Morgan fingerprint density at radius 2 is 1.95 bits per heavy atom. The van der Waals surface area contributed by atoms with Crippen LogP contribution < -0.4 is 0 Å². The zero-order valence-corrected chi connectivity index (χ0v) is 12.7. The maximum absolute atomic E-state index is 12.1. The third-order valence-corrected chi connectivity index (χ3v) is 3.38. The molecule has 0 saturated carbocycles. The summed E-state index contributed by atoms with van der Waals surface area (Å²) in [5.74, 6) is -1.08. The van der Waals surface area contributed by atoms with Crippen molar-refractivity contribution in [3.05, 3.63) is 42.0 Å². The van der Waals surface area contributed by atoms with Gasteiger partial charge in [-0.25, -0.2) is 0 Å². The van der Waals surface area contributed by atoms with Gasteiger partial charge in [0.15, 0.2) is 0 Å². The number of aliphatic carboxylic acids is 1. The van der Waals surface area contributed by atoms with Crippen LogP contribution in [0.5, 0.6) is 0 Å². The van der Waals surface area contributed by atoms with Crippen molar-refractivity contribution in [3.63, 3.8) is 0 Å². The molecule has 0 bridgehead atoms. The summed E-state index contributed by atoms with van der Waals surface area (Å²) in [6.45, 7) is 3.60. The van der Waals surface area contributed by atoms with Crippen LogP contribution in [0.3, 0.4) is 0 Å². The van der Waals surface area contributed by atoms with Gasteiger partial charge in [-0.3, -0.25) is 9.59 Å². The Labute approximate surface area is 126 Å². The monoisotopic (exact) mass is 289 g/mol. The molecule has 1 atom stereocenters. The summed E-state index contributed by atoms with van der Waals surface area (Å²) in [4.78, 5) is 24.4. The first kappa shape index (κ1) is 17.0. The van der Waals surface area contributed by atoms with Crippen LogP contribution in [-0.2, 0) is 9.59 Å². The van der Waals surface area contributed by atoms with Crippen LogP contribution in [0, 0.1) is 0 Å². The van der Waals surface area contributed by atoms with Gasteiger partial charge in [0.2, 0.25) is 5.91 Å². The molecule has 1 amide bonds. The van der Waals surface area contributed by atoms with Crippen LogP contribution in [0.4, 0.5) is 0 Å². The predicted molar refractivity (Wildman–Crippen MR) is 83.8 cm³/mol. The maximum Gasteiger partial charge on any atom is 0.323 e. The van der Waals surface area contributed by atoms with Gasteiger partial charge in [-0.1, -0.05) is 49.4 Å². The van der Waals surface area contributed by atoms with Crippen LogP contribution in [0.1, 0.15) is 38.7 Å². The number of benzene rings is 1. The van der Waals surface area contributed by atoms with Crippen LogP contribution in [0.2, 0.25) is 0 Å².